The van der Waals surface area contributed by atoms with Crippen molar-refractivity contribution in [3.05, 3.63) is 60.3 Å². The number of aryl methyl sites for hydroxylation is 1. The van der Waals surface area contributed by atoms with Gasteiger partial charge in [0.25, 0.3) is 0 Å². The number of fused-ring (bicyclic) bond motifs is 1. The molecular formula is C22H25N2O2S+. The summed E-state index contributed by atoms with van der Waals surface area (Å²) >= 11 is 0. The lowest BCUT2D eigenvalue weighted by Gasteiger charge is -2.30. The first kappa shape index (κ1) is 18.0. The van der Waals surface area contributed by atoms with Crippen LogP contribution in [0.4, 0.5) is 5.69 Å². The van der Waals surface area contributed by atoms with E-state index >= 15 is 0 Å². The number of hydrogen-bond acceptors (Lipinski definition) is 3. The van der Waals surface area contributed by atoms with E-state index in [1.807, 2.05) is 36.4 Å². The largest absolute Gasteiger partial charge is 0.370 e. The van der Waals surface area contributed by atoms with E-state index in [0.29, 0.717) is 9.79 Å². The molecule has 0 spiro atoms. The molecule has 0 bridgehead atoms. The molecule has 1 aliphatic heterocycles. The Morgan fingerprint density at radius 1 is 0.963 bits per heavy atom. The van der Waals surface area contributed by atoms with Crippen LogP contribution in [0.15, 0.2) is 64.5 Å². The van der Waals surface area contributed by atoms with Crippen LogP contribution in [-0.2, 0) is 16.3 Å². The van der Waals surface area contributed by atoms with E-state index in [9.17, 15) is 8.42 Å². The number of aromatic nitrogens is 1. The Balaban J connectivity index is 1.91. The molecular weight excluding hydrogens is 356 g/mol. The molecule has 1 aliphatic rings. The number of rotatable bonds is 4. The van der Waals surface area contributed by atoms with Gasteiger partial charge in [-0.1, -0.05) is 31.2 Å². The van der Waals surface area contributed by atoms with Gasteiger partial charge in [0, 0.05) is 19.2 Å². The fourth-order valence-corrected chi connectivity index (χ4v) is 5.30. The zero-order chi connectivity index (χ0) is 18.9. The van der Waals surface area contributed by atoms with Gasteiger partial charge in [0.15, 0.2) is 11.1 Å². The predicted molar refractivity (Wildman–Crippen MR) is 108 cm³/mol. The molecule has 0 unspecified atom stereocenters. The van der Waals surface area contributed by atoms with Gasteiger partial charge in [-0.05, 0) is 49.4 Å². The summed E-state index contributed by atoms with van der Waals surface area (Å²) in [6.45, 7) is 3.85. The molecule has 1 N–H and O–H groups in total. The molecule has 4 rings (SSSR count). The maximum Gasteiger partial charge on any atom is 0.214 e. The van der Waals surface area contributed by atoms with Crippen LogP contribution in [0.25, 0.3) is 10.9 Å². The number of hydrogen-bond donors (Lipinski definition) is 0. The van der Waals surface area contributed by atoms with Crippen LogP contribution in [0.5, 0.6) is 0 Å². The molecule has 0 radical (unpaired) electrons. The zero-order valence-electron chi connectivity index (χ0n) is 15.6. The van der Waals surface area contributed by atoms with Gasteiger partial charge in [0.05, 0.1) is 16.0 Å². The van der Waals surface area contributed by atoms with Crippen LogP contribution < -0.4 is 9.88 Å². The van der Waals surface area contributed by atoms with Crippen LogP contribution in [0.1, 0.15) is 31.7 Å². The molecule has 5 heteroatoms. The number of anilines is 1. The third-order valence-electron chi connectivity index (χ3n) is 5.38. The van der Waals surface area contributed by atoms with Crippen molar-refractivity contribution in [2.24, 2.45) is 0 Å². The number of piperidine rings is 1. The third-order valence-corrected chi connectivity index (χ3v) is 7.16. The highest BCUT2D eigenvalue weighted by Crippen LogP contribution is 2.36. The molecule has 0 aliphatic carbocycles. The number of pyridine rings is 1. The summed E-state index contributed by atoms with van der Waals surface area (Å²) in [5, 5.41) is 0.964. The quantitative estimate of drug-likeness (QED) is 0.685. The minimum absolute atomic E-state index is 0.349. The first-order valence-corrected chi connectivity index (χ1v) is 11.1. The smallest absolute Gasteiger partial charge is 0.214 e. The van der Waals surface area contributed by atoms with Crippen molar-refractivity contribution < 1.29 is 13.4 Å². The van der Waals surface area contributed by atoms with E-state index in [2.05, 4.69) is 16.8 Å². The highest BCUT2D eigenvalue weighted by Gasteiger charge is 2.29. The Hall–Kier alpha value is -2.40. The molecule has 4 nitrogen and oxygen atoms in total. The lowest BCUT2D eigenvalue weighted by molar-refractivity contribution is -0.347. The minimum atomic E-state index is -3.61. The average Bonchev–Trinajstić information content (AvgIpc) is 2.73. The van der Waals surface area contributed by atoms with Gasteiger partial charge in [0.1, 0.15) is 0 Å². The third kappa shape index (κ3) is 3.32. The maximum atomic E-state index is 13.5. The highest BCUT2D eigenvalue weighted by atomic mass is 32.2. The summed E-state index contributed by atoms with van der Waals surface area (Å²) in [5.41, 5.74) is 2.93. The van der Waals surface area contributed by atoms with Crippen molar-refractivity contribution in [1.82, 2.24) is 0 Å². The van der Waals surface area contributed by atoms with Crippen molar-refractivity contribution in [2.45, 2.75) is 42.4 Å². The second-order valence-corrected chi connectivity index (χ2v) is 9.01. The number of sulfone groups is 1. The van der Waals surface area contributed by atoms with E-state index in [0.717, 1.165) is 54.5 Å². The number of benzene rings is 2. The molecule has 1 saturated heterocycles. The SMILES string of the molecule is CCc1ccc(S(=O)(=O)c2c[nH+]c3ccccc3c2N2CCCCC2)cc1. The van der Waals surface area contributed by atoms with Gasteiger partial charge < -0.3 is 4.90 Å². The van der Waals surface area contributed by atoms with Crippen LogP contribution in [0, 0.1) is 0 Å². The first-order chi connectivity index (χ1) is 13.1. The van der Waals surface area contributed by atoms with Gasteiger partial charge in [-0.15, -0.1) is 0 Å². The van der Waals surface area contributed by atoms with E-state index in [4.69, 9.17) is 0 Å². The molecule has 1 fully saturated rings. The lowest BCUT2D eigenvalue weighted by atomic mass is 10.1. The fourth-order valence-electron chi connectivity index (χ4n) is 3.84. The molecule has 0 saturated carbocycles. The van der Waals surface area contributed by atoms with Crippen molar-refractivity contribution in [1.29, 1.82) is 0 Å². The molecule has 0 atom stereocenters. The number of para-hydroxylation sites is 1. The van der Waals surface area contributed by atoms with Gasteiger partial charge in [-0.2, -0.15) is 0 Å². The second kappa shape index (κ2) is 7.31. The van der Waals surface area contributed by atoms with Crippen LogP contribution >= 0.6 is 0 Å². The number of H-pyrrole nitrogens is 1. The zero-order valence-corrected chi connectivity index (χ0v) is 16.4. The molecule has 27 heavy (non-hydrogen) atoms. The van der Waals surface area contributed by atoms with E-state index in [1.165, 1.54) is 6.42 Å². The van der Waals surface area contributed by atoms with Gasteiger partial charge in [-0.3, -0.25) is 0 Å². The lowest BCUT2D eigenvalue weighted by Crippen LogP contribution is -2.31. The van der Waals surface area contributed by atoms with Crippen LogP contribution in [-0.4, -0.2) is 21.5 Å². The van der Waals surface area contributed by atoms with Gasteiger partial charge in [-0.25, -0.2) is 13.4 Å². The fraction of sp³-hybridized carbons (Fsp3) is 0.318. The topological polar surface area (TPSA) is 51.5 Å². The highest BCUT2D eigenvalue weighted by molar-refractivity contribution is 7.91. The molecule has 140 valence electrons. The van der Waals surface area contributed by atoms with Crippen molar-refractivity contribution in [3.63, 3.8) is 0 Å². The van der Waals surface area contributed by atoms with Crippen molar-refractivity contribution >= 4 is 26.4 Å². The Morgan fingerprint density at radius 2 is 1.67 bits per heavy atom. The molecule has 0 amide bonds. The molecule has 3 aromatic rings. The summed E-state index contributed by atoms with van der Waals surface area (Å²) in [6, 6.07) is 15.2. The Labute approximate surface area is 160 Å². The summed E-state index contributed by atoms with van der Waals surface area (Å²) < 4.78 is 27.0. The second-order valence-electron chi connectivity index (χ2n) is 7.10. The Bertz CT molecular complexity index is 1050. The van der Waals surface area contributed by atoms with Crippen LogP contribution in [0.2, 0.25) is 0 Å². The summed E-state index contributed by atoms with van der Waals surface area (Å²) in [5.74, 6) is 0. The number of nitrogens with one attached hydrogen (secondary N) is 1. The number of nitrogens with zero attached hydrogens (tertiary/aromatic N) is 1. The standard InChI is InChI=1S/C22H24N2O2S/c1-2-17-10-12-18(13-11-17)27(25,26)21-16-23-20-9-5-4-8-19(20)22(21)24-14-6-3-7-15-24/h4-5,8-13,16H,2-3,6-7,14-15H2,1H3/p+1. The maximum absolute atomic E-state index is 13.5. The summed E-state index contributed by atoms with van der Waals surface area (Å²) in [7, 11) is -3.61. The molecule has 1 aromatic heterocycles. The first-order valence-electron chi connectivity index (χ1n) is 9.63. The van der Waals surface area contributed by atoms with Gasteiger partial charge in [0.2, 0.25) is 15.4 Å². The monoisotopic (exact) mass is 381 g/mol. The molecule has 2 heterocycles. The van der Waals surface area contributed by atoms with Gasteiger partial charge >= 0.3 is 0 Å². The average molecular weight is 382 g/mol. The van der Waals surface area contributed by atoms with E-state index < -0.39 is 9.84 Å². The Kier molecular flexibility index (Phi) is 4.87. The predicted octanol–water partition coefficient (Wildman–Crippen LogP) is 4.04. The summed E-state index contributed by atoms with van der Waals surface area (Å²) in [4.78, 5) is 6.15. The van der Waals surface area contributed by atoms with E-state index in [-0.39, 0.29) is 0 Å². The minimum Gasteiger partial charge on any atom is -0.370 e. The molecule has 2 aromatic carbocycles. The summed E-state index contributed by atoms with van der Waals surface area (Å²) in [6.07, 6.45) is 5.95. The Morgan fingerprint density at radius 3 is 2.37 bits per heavy atom. The number of aromatic amines is 1. The normalized spacial score (nSPS) is 15.2. The van der Waals surface area contributed by atoms with E-state index in [1.54, 1.807) is 18.3 Å². The van der Waals surface area contributed by atoms with Crippen LogP contribution in [0.3, 0.4) is 0 Å². The van der Waals surface area contributed by atoms with Crippen molar-refractivity contribution in [3.8, 4) is 0 Å². The van der Waals surface area contributed by atoms with Crippen molar-refractivity contribution in [2.75, 3.05) is 18.0 Å².